The van der Waals surface area contributed by atoms with E-state index in [-0.39, 0.29) is 0 Å². The summed E-state index contributed by atoms with van der Waals surface area (Å²) >= 11 is 0. The molecule has 27 heavy (non-hydrogen) atoms. The molecule has 0 amide bonds. The van der Waals surface area contributed by atoms with Crippen molar-refractivity contribution in [3.8, 4) is 0 Å². The van der Waals surface area contributed by atoms with Crippen molar-refractivity contribution >= 4 is 39.4 Å². The standard InChI is InChI=1S/C21H24N2O4/c1-4-21(5-2,27-20(26)12-19(24)25)13-6-8-15-16-11-14(22-3)7-9-17(16)23-18(15)10-13/h6-11,22-23H,4-5,12H2,1-3H3,(H,24,25). The van der Waals surface area contributed by atoms with Gasteiger partial charge in [0.25, 0.3) is 0 Å². The van der Waals surface area contributed by atoms with Crippen LogP contribution in [-0.4, -0.2) is 29.1 Å². The number of anilines is 1. The fourth-order valence-corrected chi connectivity index (χ4v) is 3.58. The number of carboxylic acids is 1. The SMILES string of the molecule is CCC(CC)(OC(=O)CC(=O)O)c1ccc2c(c1)[nH]c1ccc(NC)cc12. The van der Waals surface area contributed by atoms with Gasteiger partial charge in [0, 0.05) is 34.5 Å². The van der Waals surface area contributed by atoms with E-state index >= 15 is 0 Å². The summed E-state index contributed by atoms with van der Waals surface area (Å²) in [5, 5.41) is 14.2. The van der Waals surface area contributed by atoms with E-state index in [1.54, 1.807) is 0 Å². The Labute approximate surface area is 157 Å². The van der Waals surface area contributed by atoms with Crippen molar-refractivity contribution in [3.05, 3.63) is 42.0 Å². The zero-order valence-electron chi connectivity index (χ0n) is 15.8. The first-order valence-electron chi connectivity index (χ1n) is 9.09. The van der Waals surface area contributed by atoms with Crippen LogP contribution in [0.2, 0.25) is 0 Å². The van der Waals surface area contributed by atoms with E-state index < -0.39 is 24.0 Å². The molecule has 3 N–H and O–H groups in total. The number of hydrogen-bond donors (Lipinski definition) is 3. The van der Waals surface area contributed by atoms with Crippen LogP contribution in [0.25, 0.3) is 21.8 Å². The molecule has 0 aliphatic heterocycles. The quantitative estimate of drug-likeness (QED) is 0.425. The number of benzene rings is 2. The molecule has 0 spiro atoms. The van der Waals surface area contributed by atoms with E-state index in [4.69, 9.17) is 9.84 Å². The highest BCUT2D eigenvalue weighted by Crippen LogP contribution is 2.37. The van der Waals surface area contributed by atoms with Crippen LogP contribution >= 0.6 is 0 Å². The second-order valence-corrected chi connectivity index (χ2v) is 6.64. The van der Waals surface area contributed by atoms with Crippen molar-refractivity contribution in [3.63, 3.8) is 0 Å². The lowest BCUT2D eigenvalue weighted by molar-refractivity contribution is -0.165. The van der Waals surface area contributed by atoms with Crippen LogP contribution in [0.15, 0.2) is 36.4 Å². The molecular formula is C21H24N2O4. The number of aromatic amines is 1. The van der Waals surface area contributed by atoms with E-state index in [0.29, 0.717) is 12.8 Å². The highest BCUT2D eigenvalue weighted by molar-refractivity contribution is 6.08. The molecule has 3 aromatic rings. The molecule has 6 nitrogen and oxygen atoms in total. The molecule has 0 aliphatic rings. The van der Waals surface area contributed by atoms with Crippen LogP contribution in [0.1, 0.15) is 38.7 Å². The predicted octanol–water partition coefficient (Wildman–Crippen LogP) is 4.40. The van der Waals surface area contributed by atoms with Crippen LogP contribution in [0.4, 0.5) is 5.69 Å². The van der Waals surface area contributed by atoms with Crippen molar-refractivity contribution in [1.29, 1.82) is 0 Å². The number of fused-ring (bicyclic) bond motifs is 3. The van der Waals surface area contributed by atoms with Crippen LogP contribution < -0.4 is 5.32 Å². The lowest BCUT2D eigenvalue weighted by atomic mass is 9.87. The summed E-state index contributed by atoms with van der Waals surface area (Å²) < 4.78 is 5.65. The molecule has 6 heteroatoms. The smallest absolute Gasteiger partial charge is 0.318 e. The van der Waals surface area contributed by atoms with Gasteiger partial charge in [-0.25, -0.2) is 0 Å². The maximum absolute atomic E-state index is 12.0. The fourth-order valence-electron chi connectivity index (χ4n) is 3.58. The molecule has 0 bridgehead atoms. The van der Waals surface area contributed by atoms with Crippen molar-refractivity contribution in [1.82, 2.24) is 4.98 Å². The van der Waals surface area contributed by atoms with Gasteiger partial charge in [-0.05, 0) is 42.7 Å². The van der Waals surface area contributed by atoms with Gasteiger partial charge in [-0.3, -0.25) is 9.59 Å². The van der Waals surface area contributed by atoms with Gasteiger partial charge in [0.05, 0.1) is 0 Å². The molecule has 0 unspecified atom stereocenters. The second-order valence-electron chi connectivity index (χ2n) is 6.64. The minimum atomic E-state index is -1.19. The molecule has 142 valence electrons. The van der Waals surface area contributed by atoms with Gasteiger partial charge in [0.1, 0.15) is 12.0 Å². The number of carboxylic acid groups (broad SMARTS) is 1. The highest BCUT2D eigenvalue weighted by atomic mass is 16.6. The van der Waals surface area contributed by atoms with Crippen molar-refractivity contribution in [2.75, 3.05) is 12.4 Å². The number of rotatable bonds is 7. The number of ether oxygens (including phenoxy) is 1. The minimum absolute atomic E-state index is 0.560. The third-order valence-electron chi connectivity index (χ3n) is 5.16. The molecule has 0 atom stereocenters. The number of carbonyl (C=O) groups excluding carboxylic acids is 1. The normalized spacial score (nSPS) is 11.7. The number of hydrogen-bond acceptors (Lipinski definition) is 4. The summed E-state index contributed by atoms with van der Waals surface area (Å²) in [5.41, 5.74) is 3.04. The minimum Gasteiger partial charge on any atom is -0.481 e. The first-order chi connectivity index (χ1) is 12.9. The lowest BCUT2D eigenvalue weighted by Gasteiger charge is -2.32. The van der Waals surface area contributed by atoms with Crippen LogP contribution in [0, 0.1) is 0 Å². The summed E-state index contributed by atoms with van der Waals surface area (Å²) in [7, 11) is 1.89. The Morgan fingerprint density at radius 2 is 1.81 bits per heavy atom. The third kappa shape index (κ3) is 3.47. The molecule has 0 fully saturated rings. The molecule has 0 aliphatic carbocycles. The van der Waals surface area contributed by atoms with Gasteiger partial charge in [-0.15, -0.1) is 0 Å². The van der Waals surface area contributed by atoms with E-state index in [2.05, 4.69) is 16.4 Å². The van der Waals surface area contributed by atoms with Crippen molar-refractivity contribution < 1.29 is 19.4 Å². The largest absolute Gasteiger partial charge is 0.481 e. The summed E-state index contributed by atoms with van der Waals surface area (Å²) in [6.45, 7) is 3.87. The maximum atomic E-state index is 12.0. The summed E-state index contributed by atoms with van der Waals surface area (Å²) in [5.74, 6) is -1.91. The molecule has 0 saturated heterocycles. The molecule has 1 aromatic heterocycles. The number of carbonyl (C=O) groups is 2. The topological polar surface area (TPSA) is 91.4 Å². The Bertz CT molecular complexity index is 1000. The van der Waals surface area contributed by atoms with E-state index in [0.717, 1.165) is 33.1 Å². The number of aromatic nitrogens is 1. The fraction of sp³-hybridized carbons (Fsp3) is 0.333. The van der Waals surface area contributed by atoms with Gasteiger partial charge < -0.3 is 20.1 Å². The van der Waals surface area contributed by atoms with Crippen molar-refractivity contribution in [2.24, 2.45) is 0 Å². The monoisotopic (exact) mass is 368 g/mol. The van der Waals surface area contributed by atoms with Gasteiger partial charge in [-0.1, -0.05) is 26.0 Å². The Balaban J connectivity index is 2.06. The van der Waals surface area contributed by atoms with Crippen LogP contribution in [0.3, 0.4) is 0 Å². The zero-order valence-corrected chi connectivity index (χ0v) is 15.8. The lowest BCUT2D eigenvalue weighted by Crippen LogP contribution is -2.32. The van der Waals surface area contributed by atoms with Crippen molar-refractivity contribution in [2.45, 2.75) is 38.7 Å². The Kier molecular flexibility index (Phi) is 5.08. The Morgan fingerprint density at radius 1 is 1.07 bits per heavy atom. The molecule has 1 heterocycles. The molecule has 0 radical (unpaired) electrons. The number of esters is 1. The molecular weight excluding hydrogens is 344 g/mol. The number of H-pyrrole nitrogens is 1. The molecule has 0 saturated carbocycles. The Morgan fingerprint density at radius 3 is 2.44 bits per heavy atom. The van der Waals surface area contributed by atoms with Gasteiger partial charge >= 0.3 is 11.9 Å². The predicted molar refractivity (Wildman–Crippen MR) is 106 cm³/mol. The van der Waals surface area contributed by atoms with Crippen LogP contribution in [-0.2, 0) is 19.9 Å². The van der Waals surface area contributed by atoms with Gasteiger partial charge in [0.2, 0.25) is 0 Å². The zero-order chi connectivity index (χ0) is 19.6. The third-order valence-corrected chi connectivity index (χ3v) is 5.16. The van der Waals surface area contributed by atoms with Gasteiger partial charge in [-0.2, -0.15) is 0 Å². The Hall–Kier alpha value is -3.02. The second kappa shape index (κ2) is 7.31. The first-order valence-corrected chi connectivity index (χ1v) is 9.09. The average Bonchev–Trinajstić information content (AvgIpc) is 3.02. The molecule has 2 aromatic carbocycles. The average molecular weight is 368 g/mol. The van der Waals surface area contributed by atoms with Crippen LogP contribution in [0.5, 0.6) is 0 Å². The van der Waals surface area contributed by atoms with E-state index in [9.17, 15) is 9.59 Å². The van der Waals surface area contributed by atoms with E-state index in [1.165, 1.54) is 0 Å². The number of nitrogens with one attached hydrogen (secondary N) is 2. The molecule has 3 rings (SSSR count). The summed E-state index contributed by atoms with van der Waals surface area (Å²) in [6.07, 6.45) is 0.484. The maximum Gasteiger partial charge on any atom is 0.318 e. The summed E-state index contributed by atoms with van der Waals surface area (Å²) in [4.78, 5) is 26.3. The highest BCUT2D eigenvalue weighted by Gasteiger charge is 2.33. The van der Waals surface area contributed by atoms with Gasteiger partial charge in [0.15, 0.2) is 0 Å². The summed E-state index contributed by atoms with van der Waals surface area (Å²) in [6, 6.07) is 12.1. The number of aliphatic carboxylic acids is 1. The van der Waals surface area contributed by atoms with E-state index in [1.807, 2.05) is 51.2 Å². The first kappa shape index (κ1) is 18.8.